The van der Waals surface area contributed by atoms with E-state index in [1.54, 1.807) is 12.1 Å². The normalized spacial score (nSPS) is 19.2. The van der Waals surface area contributed by atoms with Gasteiger partial charge < -0.3 is 19.9 Å². The van der Waals surface area contributed by atoms with Crippen LogP contribution in [-0.2, 0) is 9.47 Å². The fourth-order valence-corrected chi connectivity index (χ4v) is 2.07. The molecule has 1 aromatic carbocycles. The van der Waals surface area contributed by atoms with Gasteiger partial charge >= 0.3 is 5.97 Å². The van der Waals surface area contributed by atoms with E-state index in [0.29, 0.717) is 25.4 Å². The van der Waals surface area contributed by atoms with Crippen LogP contribution in [0.25, 0.3) is 0 Å². The summed E-state index contributed by atoms with van der Waals surface area (Å²) in [5, 5.41) is 11.7. The second kappa shape index (κ2) is 7.19. The molecule has 114 valence electrons. The molecule has 2 atom stereocenters. The summed E-state index contributed by atoms with van der Waals surface area (Å²) < 4.78 is 10.8. The van der Waals surface area contributed by atoms with Crippen LogP contribution in [-0.4, -0.2) is 48.9 Å². The minimum absolute atomic E-state index is 0.0923. The number of rotatable bonds is 6. The van der Waals surface area contributed by atoms with Crippen molar-refractivity contribution in [2.75, 3.05) is 19.8 Å². The maximum Gasteiger partial charge on any atom is 0.335 e. The maximum atomic E-state index is 12.0. The van der Waals surface area contributed by atoms with Gasteiger partial charge in [0.05, 0.1) is 24.9 Å². The Hall–Kier alpha value is -1.92. The molecule has 0 aromatic heterocycles. The highest BCUT2D eigenvalue weighted by molar-refractivity contribution is 5.97. The number of amides is 1. The van der Waals surface area contributed by atoms with E-state index < -0.39 is 5.97 Å². The number of carbonyl (C=O) groups excluding carboxylic acids is 1. The third-order valence-electron chi connectivity index (χ3n) is 3.22. The van der Waals surface area contributed by atoms with Crippen molar-refractivity contribution in [3.63, 3.8) is 0 Å². The minimum atomic E-state index is -1.05. The van der Waals surface area contributed by atoms with Gasteiger partial charge in [0.15, 0.2) is 0 Å². The first kappa shape index (κ1) is 15.5. The number of aromatic carboxylic acids is 1. The predicted molar refractivity (Wildman–Crippen MR) is 75.5 cm³/mol. The second-order valence-corrected chi connectivity index (χ2v) is 5.08. The third kappa shape index (κ3) is 4.54. The molecule has 1 heterocycles. The SMILES string of the molecule is CC(COC1CCOC1)NC(=O)c1cccc(C(=O)O)c1. The number of hydrogen-bond acceptors (Lipinski definition) is 4. The van der Waals surface area contributed by atoms with Crippen LogP contribution >= 0.6 is 0 Å². The van der Waals surface area contributed by atoms with Crippen molar-refractivity contribution in [2.24, 2.45) is 0 Å². The molecular weight excluding hydrogens is 274 g/mol. The summed E-state index contributed by atoms with van der Waals surface area (Å²) in [4.78, 5) is 22.9. The van der Waals surface area contributed by atoms with Gasteiger partial charge in [-0.25, -0.2) is 4.79 Å². The molecule has 0 radical (unpaired) electrons. The van der Waals surface area contributed by atoms with E-state index in [-0.39, 0.29) is 23.6 Å². The number of carbonyl (C=O) groups is 2. The minimum Gasteiger partial charge on any atom is -0.478 e. The summed E-state index contributed by atoms with van der Waals surface area (Å²) in [5.41, 5.74) is 0.417. The van der Waals surface area contributed by atoms with Crippen molar-refractivity contribution in [1.82, 2.24) is 5.32 Å². The Bertz CT molecular complexity index is 511. The van der Waals surface area contributed by atoms with Gasteiger partial charge in [-0.15, -0.1) is 0 Å². The quantitative estimate of drug-likeness (QED) is 0.826. The van der Waals surface area contributed by atoms with Crippen LogP contribution in [0.1, 0.15) is 34.1 Å². The maximum absolute atomic E-state index is 12.0. The number of benzene rings is 1. The Labute approximate surface area is 123 Å². The van der Waals surface area contributed by atoms with Gasteiger partial charge in [0, 0.05) is 18.2 Å². The van der Waals surface area contributed by atoms with Crippen molar-refractivity contribution in [3.05, 3.63) is 35.4 Å². The lowest BCUT2D eigenvalue weighted by atomic mass is 10.1. The lowest BCUT2D eigenvalue weighted by Gasteiger charge is -2.17. The average molecular weight is 293 g/mol. The fourth-order valence-electron chi connectivity index (χ4n) is 2.07. The van der Waals surface area contributed by atoms with Crippen molar-refractivity contribution >= 4 is 11.9 Å². The third-order valence-corrected chi connectivity index (χ3v) is 3.22. The van der Waals surface area contributed by atoms with Gasteiger partial charge in [-0.3, -0.25) is 4.79 Å². The Balaban J connectivity index is 1.85. The van der Waals surface area contributed by atoms with Crippen molar-refractivity contribution in [2.45, 2.75) is 25.5 Å². The molecule has 0 spiro atoms. The summed E-state index contributed by atoms with van der Waals surface area (Å²) in [6, 6.07) is 5.78. The smallest absolute Gasteiger partial charge is 0.335 e. The molecule has 1 fully saturated rings. The zero-order chi connectivity index (χ0) is 15.2. The molecule has 1 aliphatic rings. The summed E-state index contributed by atoms with van der Waals surface area (Å²) in [6.45, 7) is 3.56. The van der Waals surface area contributed by atoms with Gasteiger partial charge in [0.2, 0.25) is 0 Å². The molecule has 2 rings (SSSR count). The molecule has 2 N–H and O–H groups in total. The van der Waals surface area contributed by atoms with E-state index in [1.165, 1.54) is 12.1 Å². The first-order chi connectivity index (χ1) is 10.1. The highest BCUT2D eigenvalue weighted by Crippen LogP contribution is 2.09. The summed E-state index contributed by atoms with van der Waals surface area (Å²) in [5.74, 6) is -1.36. The van der Waals surface area contributed by atoms with E-state index in [4.69, 9.17) is 14.6 Å². The average Bonchev–Trinajstić information content (AvgIpc) is 2.98. The molecule has 0 bridgehead atoms. The van der Waals surface area contributed by atoms with Crippen LogP contribution in [0.3, 0.4) is 0 Å². The van der Waals surface area contributed by atoms with E-state index in [2.05, 4.69) is 5.32 Å². The molecule has 2 unspecified atom stereocenters. The molecule has 1 saturated heterocycles. The highest BCUT2D eigenvalue weighted by Gasteiger charge is 2.18. The first-order valence-electron chi connectivity index (χ1n) is 6.90. The molecule has 6 heteroatoms. The van der Waals surface area contributed by atoms with Crippen LogP contribution in [0.15, 0.2) is 24.3 Å². The van der Waals surface area contributed by atoms with E-state index in [0.717, 1.165) is 6.42 Å². The number of hydrogen-bond donors (Lipinski definition) is 2. The van der Waals surface area contributed by atoms with Gasteiger partial charge in [0.25, 0.3) is 5.91 Å². The Morgan fingerprint density at radius 2 is 2.24 bits per heavy atom. The van der Waals surface area contributed by atoms with Crippen LogP contribution < -0.4 is 5.32 Å². The number of nitrogens with one attached hydrogen (secondary N) is 1. The van der Waals surface area contributed by atoms with Crippen molar-refractivity contribution in [3.8, 4) is 0 Å². The van der Waals surface area contributed by atoms with Gasteiger partial charge in [-0.05, 0) is 31.5 Å². The summed E-state index contributed by atoms with van der Waals surface area (Å²) in [6.07, 6.45) is 0.973. The molecular formula is C15H19NO5. The van der Waals surface area contributed by atoms with E-state index >= 15 is 0 Å². The summed E-state index contributed by atoms with van der Waals surface area (Å²) in [7, 11) is 0. The first-order valence-corrected chi connectivity index (χ1v) is 6.90. The monoisotopic (exact) mass is 293 g/mol. The molecule has 1 aromatic rings. The van der Waals surface area contributed by atoms with Gasteiger partial charge in [-0.2, -0.15) is 0 Å². The topological polar surface area (TPSA) is 84.9 Å². The molecule has 1 amide bonds. The van der Waals surface area contributed by atoms with Crippen LogP contribution in [0, 0.1) is 0 Å². The fraction of sp³-hybridized carbons (Fsp3) is 0.467. The van der Waals surface area contributed by atoms with Gasteiger partial charge in [-0.1, -0.05) is 6.07 Å². The molecule has 1 aliphatic heterocycles. The number of carboxylic acid groups (broad SMARTS) is 1. The zero-order valence-corrected chi connectivity index (χ0v) is 11.9. The predicted octanol–water partition coefficient (Wildman–Crippen LogP) is 1.31. The Kier molecular flexibility index (Phi) is 5.30. The van der Waals surface area contributed by atoms with Crippen LogP contribution in [0.2, 0.25) is 0 Å². The molecule has 6 nitrogen and oxygen atoms in total. The van der Waals surface area contributed by atoms with E-state index in [1.807, 2.05) is 6.92 Å². The second-order valence-electron chi connectivity index (χ2n) is 5.08. The highest BCUT2D eigenvalue weighted by atomic mass is 16.5. The van der Waals surface area contributed by atoms with Gasteiger partial charge in [0.1, 0.15) is 0 Å². The Morgan fingerprint density at radius 3 is 2.90 bits per heavy atom. The van der Waals surface area contributed by atoms with E-state index in [9.17, 15) is 9.59 Å². The number of ether oxygens (including phenoxy) is 2. The Morgan fingerprint density at radius 1 is 1.48 bits per heavy atom. The number of carboxylic acids is 1. The van der Waals surface area contributed by atoms with Crippen LogP contribution in [0.5, 0.6) is 0 Å². The molecule has 0 saturated carbocycles. The van der Waals surface area contributed by atoms with Crippen LogP contribution in [0.4, 0.5) is 0 Å². The molecule has 21 heavy (non-hydrogen) atoms. The zero-order valence-electron chi connectivity index (χ0n) is 11.9. The lowest BCUT2D eigenvalue weighted by molar-refractivity contribution is 0.0318. The lowest BCUT2D eigenvalue weighted by Crippen LogP contribution is -2.37. The van der Waals surface area contributed by atoms with Crippen molar-refractivity contribution in [1.29, 1.82) is 0 Å². The largest absolute Gasteiger partial charge is 0.478 e. The summed E-state index contributed by atoms with van der Waals surface area (Å²) >= 11 is 0. The van der Waals surface area contributed by atoms with Crippen molar-refractivity contribution < 1.29 is 24.2 Å². The molecule has 0 aliphatic carbocycles. The standard InChI is InChI=1S/C15H19NO5/c1-10(8-21-13-5-6-20-9-13)16-14(17)11-3-2-4-12(7-11)15(18)19/h2-4,7,10,13H,5-6,8-9H2,1H3,(H,16,17)(H,18,19).